The van der Waals surface area contributed by atoms with Gasteiger partial charge in [0.15, 0.2) is 11.4 Å². The highest BCUT2D eigenvalue weighted by Crippen LogP contribution is 2.40. The van der Waals surface area contributed by atoms with Crippen LogP contribution >= 0.6 is 0 Å². The number of nitro benzene ring substituents is 2. The van der Waals surface area contributed by atoms with Crippen LogP contribution in [-0.4, -0.2) is 54.4 Å². The molecule has 268 valence electrons. The van der Waals surface area contributed by atoms with Gasteiger partial charge in [-0.15, -0.1) is 0 Å². The molecule has 18 heteroatoms. The summed E-state index contributed by atoms with van der Waals surface area (Å²) >= 11 is 0. The second-order valence-electron chi connectivity index (χ2n) is 12.2. The summed E-state index contributed by atoms with van der Waals surface area (Å²) in [5.74, 6) is 0.331. The summed E-state index contributed by atoms with van der Waals surface area (Å²) in [5.41, 5.74) is -2.14. The number of ether oxygens (including phenoxy) is 3. The van der Waals surface area contributed by atoms with E-state index in [2.05, 4.69) is 25.6 Å². The van der Waals surface area contributed by atoms with E-state index in [9.17, 15) is 34.6 Å². The summed E-state index contributed by atoms with van der Waals surface area (Å²) in [6.45, 7) is 9.27. The van der Waals surface area contributed by atoms with Crippen LogP contribution in [0.3, 0.4) is 0 Å². The molecule has 2 amide bonds. The monoisotopic (exact) mass is 712 g/mol. The number of anilines is 2. The number of pyridine rings is 2. The molecular weight excluding hydrogens is 680 g/mol. The van der Waals surface area contributed by atoms with Crippen LogP contribution < -0.4 is 30.4 Å². The van der Waals surface area contributed by atoms with E-state index in [-0.39, 0.29) is 51.5 Å². The van der Waals surface area contributed by atoms with Gasteiger partial charge in [0.25, 0.3) is 16.9 Å². The van der Waals surface area contributed by atoms with Gasteiger partial charge in [-0.05, 0) is 52.0 Å². The molecule has 2 aromatic carbocycles. The molecule has 0 fully saturated rings. The number of rotatable bonds is 5. The third kappa shape index (κ3) is 8.24. The van der Waals surface area contributed by atoms with Gasteiger partial charge >= 0.3 is 0 Å². The Balaban J connectivity index is 0.000000201. The van der Waals surface area contributed by atoms with Crippen LogP contribution in [0.15, 0.2) is 87.8 Å². The van der Waals surface area contributed by atoms with Crippen molar-refractivity contribution in [1.82, 2.24) is 9.55 Å². The Labute approximate surface area is 295 Å². The molecule has 0 bridgehead atoms. The van der Waals surface area contributed by atoms with Gasteiger partial charge in [-0.3, -0.25) is 39.2 Å². The number of carbonyl (C=O) groups is 2. The summed E-state index contributed by atoms with van der Waals surface area (Å²) in [6, 6.07) is 15.1. The third-order valence-electron chi connectivity index (χ3n) is 7.04. The summed E-state index contributed by atoms with van der Waals surface area (Å²) in [4.78, 5) is 69.5. The lowest BCUT2D eigenvalue weighted by Gasteiger charge is -2.30. The van der Waals surface area contributed by atoms with Gasteiger partial charge in [-0.1, -0.05) is 12.1 Å². The van der Waals surface area contributed by atoms with Crippen LogP contribution in [0.2, 0.25) is 0 Å². The summed E-state index contributed by atoms with van der Waals surface area (Å²) < 4.78 is 18.6. The molecule has 0 aliphatic carbocycles. The van der Waals surface area contributed by atoms with Gasteiger partial charge < -0.3 is 24.8 Å². The van der Waals surface area contributed by atoms with Gasteiger partial charge in [0.2, 0.25) is 23.6 Å². The lowest BCUT2D eigenvalue weighted by atomic mass is 10.1. The number of hydrogen-bond acceptors (Lipinski definition) is 13. The Bertz CT molecular complexity index is 2230. The minimum Gasteiger partial charge on any atom is -0.466 e. The number of aromatic nitrogens is 2. The maximum absolute atomic E-state index is 12.2. The molecule has 2 aliphatic rings. The average Bonchev–Trinajstić information content (AvgIpc) is 3.04. The number of nitrogens with zero attached hydrogens (tertiary/aromatic N) is 6. The van der Waals surface area contributed by atoms with E-state index in [1.165, 1.54) is 48.7 Å². The quantitative estimate of drug-likeness (QED) is 0.205. The lowest BCUT2D eigenvalue weighted by Crippen LogP contribution is -2.37. The van der Waals surface area contributed by atoms with E-state index in [0.717, 1.165) is 0 Å². The van der Waals surface area contributed by atoms with Gasteiger partial charge in [-0.2, -0.15) is 0 Å². The maximum atomic E-state index is 12.2. The summed E-state index contributed by atoms with van der Waals surface area (Å²) in [5, 5.41) is 27.6. The molecule has 0 saturated carbocycles. The van der Waals surface area contributed by atoms with Crippen molar-refractivity contribution in [3.05, 3.63) is 115 Å². The number of carbonyl (C=O) groups excluding carboxylic acids is 2. The lowest BCUT2D eigenvalue weighted by molar-refractivity contribution is -0.384. The zero-order chi connectivity index (χ0) is 38.0. The predicted molar refractivity (Wildman–Crippen MR) is 188 cm³/mol. The first kappa shape index (κ1) is 36.3. The Morgan fingerprint density at radius 3 is 1.85 bits per heavy atom. The highest BCUT2D eigenvalue weighted by atomic mass is 16.6. The second kappa shape index (κ2) is 14.1. The predicted octanol–water partition coefficient (Wildman–Crippen LogP) is 5.04. The number of aliphatic imine (C=N–C) groups is 2. The molecule has 0 radical (unpaired) electrons. The van der Waals surface area contributed by atoms with Gasteiger partial charge in [0, 0.05) is 38.4 Å². The Hall–Kier alpha value is -6.98. The fraction of sp³-hybridized carbons (Fsp3) is 0.235. The molecule has 0 atom stereocenters. The standard InChI is InChI=1S/2C17H16N4O5/c1-10(22)18-12-8-11-14(9-13(12)21(24)25)26-17(2,3)19-16(11)20-7-5-4-6-15(20)23;1-10(22)19-12-8-11-14(9-13(12)21(23)24)26-17(2,3)20-16(11)25-15-6-4-5-7-18-15/h4-9H,1-3H3,(H,18,22);4-9H,1-3H3,(H,19,22). The zero-order valence-corrected chi connectivity index (χ0v) is 28.7. The van der Waals surface area contributed by atoms with Crippen molar-refractivity contribution < 1.29 is 33.6 Å². The fourth-order valence-corrected chi connectivity index (χ4v) is 5.10. The molecule has 4 heterocycles. The van der Waals surface area contributed by atoms with Gasteiger partial charge in [0.05, 0.1) is 33.1 Å². The Morgan fingerprint density at radius 2 is 1.33 bits per heavy atom. The summed E-state index contributed by atoms with van der Waals surface area (Å²) in [7, 11) is 0. The van der Waals surface area contributed by atoms with Crippen LogP contribution in [0.1, 0.15) is 52.7 Å². The highest BCUT2D eigenvalue weighted by Gasteiger charge is 2.34. The van der Waals surface area contributed by atoms with E-state index in [1.807, 2.05) is 0 Å². The van der Waals surface area contributed by atoms with Crippen molar-refractivity contribution in [2.75, 3.05) is 10.6 Å². The number of amides is 2. The first-order valence-electron chi connectivity index (χ1n) is 15.5. The molecular formula is C34H32N8O10. The van der Waals surface area contributed by atoms with E-state index in [0.29, 0.717) is 17.0 Å². The van der Waals surface area contributed by atoms with Crippen molar-refractivity contribution in [1.29, 1.82) is 0 Å². The van der Waals surface area contributed by atoms with Gasteiger partial charge in [0.1, 0.15) is 28.7 Å². The molecule has 2 aliphatic heterocycles. The number of nitro groups is 2. The first-order chi connectivity index (χ1) is 24.4. The Kier molecular flexibility index (Phi) is 9.84. The van der Waals surface area contributed by atoms with Crippen LogP contribution in [-0.2, 0) is 9.59 Å². The number of fused-ring (bicyclic) bond motifs is 2. The van der Waals surface area contributed by atoms with Crippen molar-refractivity contribution in [2.45, 2.75) is 53.0 Å². The Morgan fingerprint density at radius 1 is 0.788 bits per heavy atom. The van der Waals surface area contributed by atoms with Crippen LogP contribution in [0.5, 0.6) is 17.4 Å². The maximum Gasteiger partial charge on any atom is 0.296 e. The van der Waals surface area contributed by atoms with E-state index < -0.39 is 33.1 Å². The number of benzene rings is 2. The van der Waals surface area contributed by atoms with Crippen LogP contribution in [0.25, 0.3) is 0 Å². The molecule has 6 rings (SSSR count). The normalized spacial score (nSPS) is 14.6. The highest BCUT2D eigenvalue weighted by molar-refractivity contribution is 6.06. The topological polar surface area (TPSA) is 232 Å². The molecule has 4 aromatic rings. The zero-order valence-electron chi connectivity index (χ0n) is 28.7. The largest absolute Gasteiger partial charge is 0.466 e. The minimum atomic E-state index is -1.03. The molecule has 0 unspecified atom stereocenters. The SMILES string of the molecule is CC(=O)Nc1cc2c(cc1[N+](=O)[O-])OC(C)(C)N=C2Oc1ccccn1.CC(=O)Nc1cc2c(cc1[N+](=O)[O-])OC(C)(C)N=C2n1ccccc1=O. The third-order valence-corrected chi connectivity index (χ3v) is 7.04. The molecule has 18 nitrogen and oxygen atoms in total. The number of nitrogens with one attached hydrogen (secondary N) is 2. The van der Waals surface area contributed by atoms with Crippen LogP contribution in [0, 0.1) is 20.2 Å². The van der Waals surface area contributed by atoms with E-state index in [4.69, 9.17) is 14.2 Å². The molecule has 52 heavy (non-hydrogen) atoms. The van der Waals surface area contributed by atoms with Crippen LogP contribution in [0.4, 0.5) is 22.7 Å². The van der Waals surface area contributed by atoms with Crippen molar-refractivity contribution >= 4 is 46.3 Å². The second-order valence-corrected chi connectivity index (χ2v) is 12.2. The molecule has 2 aromatic heterocycles. The average molecular weight is 713 g/mol. The smallest absolute Gasteiger partial charge is 0.296 e. The van der Waals surface area contributed by atoms with Crippen molar-refractivity contribution in [2.24, 2.45) is 9.98 Å². The first-order valence-corrected chi connectivity index (χ1v) is 15.5. The van der Waals surface area contributed by atoms with E-state index >= 15 is 0 Å². The number of hydrogen-bond donors (Lipinski definition) is 2. The molecule has 2 N–H and O–H groups in total. The van der Waals surface area contributed by atoms with E-state index in [1.54, 1.807) is 70.4 Å². The van der Waals surface area contributed by atoms with Crippen molar-refractivity contribution in [3.8, 4) is 17.4 Å². The minimum absolute atomic E-state index is 0.00114. The van der Waals surface area contributed by atoms with Gasteiger partial charge in [-0.25, -0.2) is 15.0 Å². The molecule has 0 saturated heterocycles. The summed E-state index contributed by atoms with van der Waals surface area (Å²) in [6.07, 6.45) is 3.12. The molecule has 0 spiro atoms. The fourth-order valence-electron chi connectivity index (χ4n) is 5.10. The van der Waals surface area contributed by atoms with Crippen molar-refractivity contribution in [3.63, 3.8) is 0 Å².